The predicted molar refractivity (Wildman–Crippen MR) is 71.6 cm³/mol. The van der Waals surface area contributed by atoms with Crippen LogP contribution in [-0.4, -0.2) is 16.5 Å². The molecule has 0 aliphatic carbocycles. The maximum Gasteiger partial charge on any atom is 0.137 e. The van der Waals surface area contributed by atoms with Crippen LogP contribution in [0.25, 0.3) is 16.9 Å². The van der Waals surface area contributed by atoms with E-state index in [0.717, 1.165) is 28.3 Å². The van der Waals surface area contributed by atoms with Gasteiger partial charge >= 0.3 is 0 Å². The van der Waals surface area contributed by atoms with Crippen molar-refractivity contribution in [2.24, 2.45) is 0 Å². The lowest BCUT2D eigenvalue weighted by Gasteiger charge is -1.99. The first-order valence-electron chi connectivity index (χ1n) is 5.65. The van der Waals surface area contributed by atoms with Crippen molar-refractivity contribution in [1.29, 1.82) is 0 Å². The van der Waals surface area contributed by atoms with Gasteiger partial charge in [-0.05, 0) is 36.4 Å². The number of nitrogen functional groups attached to an aromatic ring is 1. The van der Waals surface area contributed by atoms with Crippen molar-refractivity contribution < 1.29 is 4.74 Å². The predicted octanol–water partition coefficient (Wildman–Crippen LogP) is 2.59. The van der Waals surface area contributed by atoms with E-state index in [1.807, 2.05) is 53.2 Å². The van der Waals surface area contributed by atoms with E-state index in [1.165, 1.54) is 0 Å². The van der Waals surface area contributed by atoms with Crippen LogP contribution in [0.2, 0.25) is 0 Å². The van der Waals surface area contributed by atoms with Crippen molar-refractivity contribution in [2.75, 3.05) is 12.8 Å². The molecule has 0 saturated heterocycles. The Hall–Kier alpha value is -2.49. The fourth-order valence-corrected chi connectivity index (χ4v) is 1.91. The summed E-state index contributed by atoms with van der Waals surface area (Å²) in [5.41, 5.74) is 9.33. The van der Waals surface area contributed by atoms with Crippen molar-refractivity contribution in [2.45, 2.75) is 0 Å². The summed E-state index contributed by atoms with van der Waals surface area (Å²) in [5.74, 6) is 0.840. The lowest BCUT2D eigenvalue weighted by atomic mass is 10.2. The molecule has 0 aliphatic rings. The summed E-state index contributed by atoms with van der Waals surface area (Å²) >= 11 is 0. The minimum absolute atomic E-state index is 0.723. The topological polar surface area (TPSA) is 52.5 Å². The molecule has 0 atom stereocenters. The van der Waals surface area contributed by atoms with Gasteiger partial charge in [0.2, 0.25) is 0 Å². The molecule has 0 aliphatic heterocycles. The Labute approximate surface area is 105 Å². The van der Waals surface area contributed by atoms with Crippen molar-refractivity contribution >= 4 is 11.3 Å². The monoisotopic (exact) mass is 239 g/mol. The van der Waals surface area contributed by atoms with Crippen LogP contribution in [0.1, 0.15) is 0 Å². The Morgan fingerprint density at radius 3 is 2.56 bits per heavy atom. The normalized spacial score (nSPS) is 10.7. The summed E-state index contributed by atoms with van der Waals surface area (Å²) in [6.45, 7) is 0. The number of hydrogen-bond acceptors (Lipinski definition) is 3. The molecule has 0 fully saturated rings. The van der Waals surface area contributed by atoms with Crippen molar-refractivity contribution in [3.63, 3.8) is 0 Å². The van der Waals surface area contributed by atoms with Gasteiger partial charge in [0.05, 0.1) is 12.8 Å². The molecule has 0 saturated carbocycles. The molecule has 2 N–H and O–H groups in total. The van der Waals surface area contributed by atoms with E-state index in [2.05, 4.69) is 4.98 Å². The van der Waals surface area contributed by atoms with Gasteiger partial charge in [0.15, 0.2) is 0 Å². The molecule has 4 heteroatoms. The van der Waals surface area contributed by atoms with Gasteiger partial charge in [-0.25, -0.2) is 4.98 Å². The third-order valence-corrected chi connectivity index (χ3v) is 2.86. The zero-order valence-electron chi connectivity index (χ0n) is 10.00. The Bertz CT molecular complexity index is 686. The minimum atomic E-state index is 0.723. The largest absolute Gasteiger partial charge is 0.497 e. The lowest BCUT2D eigenvalue weighted by molar-refractivity contribution is 0.415. The summed E-state index contributed by atoms with van der Waals surface area (Å²) in [4.78, 5) is 4.55. The highest BCUT2D eigenvalue weighted by Gasteiger charge is 2.04. The molecule has 0 amide bonds. The highest BCUT2D eigenvalue weighted by molar-refractivity contribution is 5.64. The quantitative estimate of drug-likeness (QED) is 0.747. The molecule has 2 heterocycles. The SMILES string of the molecule is COc1ccc(-c2cn3cc(N)ccc3n2)cc1. The van der Waals surface area contributed by atoms with Crippen LogP contribution < -0.4 is 10.5 Å². The highest BCUT2D eigenvalue weighted by Crippen LogP contribution is 2.22. The number of imidazole rings is 1. The van der Waals surface area contributed by atoms with E-state index in [-0.39, 0.29) is 0 Å². The number of benzene rings is 1. The molecule has 18 heavy (non-hydrogen) atoms. The van der Waals surface area contributed by atoms with E-state index in [0.29, 0.717) is 0 Å². The Morgan fingerprint density at radius 2 is 1.83 bits per heavy atom. The van der Waals surface area contributed by atoms with Crippen LogP contribution in [0, 0.1) is 0 Å². The Kier molecular flexibility index (Phi) is 2.41. The molecule has 0 unspecified atom stereocenters. The third-order valence-electron chi connectivity index (χ3n) is 2.86. The molecular formula is C14H13N3O. The number of anilines is 1. The molecule has 0 radical (unpaired) electrons. The van der Waals surface area contributed by atoms with Crippen LogP contribution in [0.3, 0.4) is 0 Å². The third kappa shape index (κ3) is 1.78. The second kappa shape index (κ2) is 4.07. The number of aromatic nitrogens is 2. The standard InChI is InChI=1S/C14H13N3O/c1-18-12-5-2-10(3-6-12)13-9-17-8-11(15)4-7-14(17)16-13/h2-9H,15H2,1H3. The van der Waals surface area contributed by atoms with Gasteiger partial charge in [-0.2, -0.15) is 0 Å². The summed E-state index contributed by atoms with van der Waals surface area (Å²) in [6.07, 6.45) is 3.82. The summed E-state index contributed by atoms with van der Waals surface area (Å²) in [7, 11) is 1.66. The van der Waals surface area contributed by atoms with E-state index >= 15 is 0 Å². The molecule has 0 spiro atoms. The Balaban J connectivity index is 2.07. The number of methoxy groups -OCH3 is 1. The first-order valence-corrected chi connectivity index (χ1v) is 5.65. The Morgan fingerprint density at radius 1 is 1.06 bits per heavy atom. The molecule has 90 valence electrons. The van der Waals surface area contributed by atoms with Gasteiger partial charge in [0, 0.05) is 23.6 Å². The molecule has 2 aromatic heterocycles. The molecule has 3 aromatic rings. The molecule has 3 rings (SSSR count). The first kappa shape index (κ1) is 10.7. The number of hydrogen-bond donors (Lipinski definition) is 1. The number of pyridine rings is 1. The summed E-state index contributed by atoms with van der Waals surface area (Å²) < 4.78 is 7.06. The first-order chi connectivity index (χ1) is 8.76. The fourth-order valence-electron chi connectivity index (χ4n) is 1.91. The number of fused-ring (bicyclic) bond motifs is 1. The molecule has 4 nitrogen and oxygen atoms in total. The van der Waals surface area contributed by atoms with Crippen molar-refractivity contribution in [3.8, 4) is 17.0 Å². The molecule has 0 bridgehead atoms. The summed E-state index contributed by atoms with van der Waals surface area (Å²) in [6, 6.07) is 11.6. The van der Waals surface area contributed by atoms with Gasteiger partial charge < -0.3 is 14.9 Å². The van der Waals surface area contributed by atoms with Gasteiger partial charge in [0.25, 0.3) is 0 Å². The fraction of sp³-hybridized carbons (Fsp3) is 0.0714. The molecular weight excluding hydrogens is 226 g/mol. The van der Waals surface area contributed by atoms with Crippen LogP contribution in [0.15, 0.2) is 48.8 Å². The van der Waals surface area contributed by atoms with E-state index in [9.17, 15) is 0 Å². The minimum Gasteiger partial charge on any atom is -0.497 e. The van der Waals surface area contributed by atoms with Crippen molar-refractivity contribution in [1.82, 2.24) is 9.38 Å². The maximum absolute atomic E-state index is 5.74. The molecule has 1 aromatic carbocycles. The van der Waals surface area contributed by atoms with Crippen LogP contribution in [0.4, 0.5) is 5.69 Å². The van der Waals surface area contributed by atoms with Crippen LogP contribution in [0.5, 0.6) is 5.75 Å². The van der Waals surface area contributed by atoms with E-state index in [1.54, 1.807) is 7.11 Å². The number of ether oxygens (including phenoxy) is 1. The smallest absolute Gasteiger partial charge is 0.137 e. The number of nitrogens with zero attached hydrogens (tertiary/aromatic N) is 2. The van der Waals surface area contributed by atoms with Crippen molar-refractivity contribution in [3.05, 3.63) is 48.8 Å². The van der Waals surface area contributed by atoms with E-state index < -0.39 is 0 Å². The average Bonchev–Trinajstić information content (AvgIpc) is 2.81. The summed E-state index contributed by atoms with van der Waals surface area (Å²) in [5, 5.41) is 0. The lowest BCUT2D eigenvalue weighted by Crippen LogP contribution is -1.88. The second-order valence-corrected chi connectivity index (χ2v) is 4.08. The van der Waals surface area contributed by atoms with Gasteiger partial charge in [-0.15, -0.1) is 0 Å². The van der Waals surface area contributed by atoms with Gasteiger partial charge in [-0.3, -0.25) is 0 Å². The van der Waals surface area contributed by atoms with E-state index in [4.69, 9.17) is 10.5 Å². The number of rotatable bonds is 2. The zero-order valence-corrected chi connectivity index (χ0v) is 10.00. The van der Waals surface area contributed by atoms with Gasteiger partial charge in [-0.1, -0.05) is 0 Å². The zero-order chi connectivity index (χ0) is 12.5. The maximum atomic E-state index is 5.74. The number of nitrogens with two attached hydrogens (primary N) is 1. The highest BCUT2D eigenvalue weighted by atomic mass is 16.5. The second-order valence-electron chi connectivity index (χ2n) is 4.08. The van der Waals surface area contributed by atoms with Crippen LogP contribution >= 0.6 is 0 Å². The van der Waals surface area contributed by atoms with Gasteiger partial charge in [0.1, 0.15) is 11.4 Å². The average molecular weight is 239 g/mol. The van der Waals surface area contributed by atoms with Crippen LogP contribution in [-0.2, 0) is 0 Å².